The zero-order chi connectivity index (χ0) is 16.8. The van der Waals surface area contributed by atoms with E-state index in [1.54, 1.807) is 7.11 Å². The highest BCUT2D eigenvalue weighted by molar-refractivity contribution is 6.49. The molecule has 2 unspecified atom stereocenters. The second-order valence-corrected chi connectivity index (χ2v) is 8.68. The molecule has 2 aliphatic carbocycles. The Morgan fingerprint density at radius 3 is 2.08 bits per heavy atom. The molecule has 3 fully saturated rings. The summed E-state index contributed by atoms with van der Waals surface area (Å²) >= 11 is 0. The third-order valence-electron chi connectivity index (χ3n) is 6.55. The predicted octanol–water partition coefficient (Wildman–Crippen LogP) is 4.24. The lowest BCUT2D eigenvalue weighted by Crippen LogP contribution is -2.59. The first kappa shape index (κ1) is 16.5. The van der Waals surface area contributed by atoms with E-state index in [0.717, 1.165) is 19.0 Å². The highest BCUT2D eigenvalue weighted by Crippen LogP contribution is 2.59. The van der Waals surface area contributed by atoms with Gasteiger partial charge in [-0.15, -0.1) is 0 Å². The average Bonchev–Trinajstić information content (AvgIpc) is 2.78. The summed E-state index contributed by atoms with van der Waals surface area (Å²) in [7, 11) is 1.63. The van der Waals surface area contributed by atoms with Gasteiger partial charge < -0.3 is 14.0 Å². The van der Waals surface area contributed by atoms with Crippen LogP contribution >= 0.6 is 0 Å². The summed E-state index contributed by atoms with van der Waals surface area (Å²) in [6.45, 7) is 6.02. The van der Waals surface area contributed by atoms with Crippen molar-refractivity contribution in [1.29, 1.82) is 0 Å². The molecule has 1 saturated heterocycles. The normalized spacial score (nSPS) is 35.0. The first-order valence-electron chi connectivity index (χ1n) is 9.44. The minimum Gasteiger partial charge on any atom is -0.497 e. The topological polar surface area (TPSA) is 27.7 Å². The summed E-state index contributed by atoms with van der Waals surface area (Å²) in [5.41, 5.74) is 1.51. The molecule has 1 aromatic carbocycles. The van der Waals surface area contributed by atoms with Crippen LogP contribution in [0, 0.1) is 17.3 Å². The number of ether oxygens (including phenoxy) is 1. The standard InChI is InChI=1S/C20H29BO3/c1-19(2)13-23-21(24-14-19)20(15-5-4-6-16(20)8-7-15)17-9-11-18(22-3)12-10-17/h9-12,15-16H,4-8,13-14H2,1-3H3. The van der Waals surface area contributed by atoms with Crippen LogP contribution in [0.25, 0.3) is 0 Å². The molecule has 24 heavy (non-hydrogen) atoms. The highest BCUT2D eigenvalue weighted by Gasteiger charge is 2.62. The largest absolute Gasteiger partial charge is 0.497 e. The molecule has 3 nitrogen and oxygen atoms in total. The van der Waals surface area contributed by atoms with E-state index in [-0.39, 0.29) is 17.8 Å². The Labute approximate surface area is 146 Å². The number of fused-ring (bicyclic) bond motifs is 2. The molecule has 4 rings (SSSR count). The van der Waals surface area contributed by atoms with E-state index < -0.39 is 0 Å². The number of rotatable bonds is 3. The Kier molecular flexibility index (Phi) is 4.16. The van der Waals surface area contributed by atoms with E-state index in [4.69, 9.17) is 14.0 Å². The van der Waals surface area contributed by atoms with Gasteiger partial charge in [0.2, 0.25) is 0 Å². The number of methoxy groups -OCH3 is 1. The molecule has 0 amide bonds. The molecule has 1 heterocycles. The lowest BCUT2D eigenvalue weighted by Gasteiger charge is -2.49. The highest BCUT2D eigenvalue weighted by atomic mass is 16.6. The van der Waals surface area contributed by atoms with Crippen molar-refractivity contribution >= 4 is 7.12 Å². The summed E-state index contributed by atoms with van der Waals surface area (Å²) < 4.78 is 18.1. The van der Waals surface area contributed by atoms with Crippen LogP contribution in [0.3, 0.4) is 0 Å². The molecular formula is C20H29BO3. The molecule has 0 N–H and O–H groups in total. The lowest BCUT2D eigenvalue weighted by atomic mass is 9.42. The third kappa shape index (κ3) is 2.50. The molecule has 4 heteroatoms. The summed E-state index contributed by atoms with van der Waals surface area (Å²) in [5.74, 6) is 2.27. The second kappa shape index (κ2) is 6.07. The van der Waals surface area contributed by atoms with Gasteiger partial charge in [-0.2, -0.15) is 0 Å². The molecule has 2 atom stereocenters. The lowest BCUT2D eigenvalue weighted by molar-refractivity contribution is 0.00456. The van der Waals surface area contributed by atoms with Crippen molar-refractivity contribution in [2.24, 2.45) is 17.3 Å². The number of benzene rings is 1. The average molecular weight is 328 g/mol. The number of hydrogen-bond acceptors (Lipinski definition) is 3. The van der Waals surface area contributed by atoms with Crippen molar-refractivity contribution in [2.75, 3.05) is 20.3 Å². The van der Waals surface area contributed by atoms with Gasteiger partial charge in [0.05, 0.1) is 7.11 Å². The predicted molar refractivity (Wildman–Crippen MR) is 96.2 cm³/mol. The van der Waals surface area contributed by atoms with Gasteiger partial charge in [0, 0.05) is 23.9 Å². The maximum atomic E-state index is 6.37. The molecule has 2 saturated carbocycles. The summed E-state index contributed by atoms with van der Waals surface area (Å²) in [5, 5.41) is 0.0288. The van der Waals surface area contributed by atoms with E-state index in [1.807, 2.05) is 0 Å². The molecule has 130 valence electrons. The zero-order valence-electron chi connectivity index (χ0n) is 15.2. The van der Waals surface area contributed by atoms with E-state index in [9.17, 15) is 0 Å². The Morgan fingerprint density at radius 1 is 0.958 bits per heavy atom. The van der Waals surface area contributed by atoms with Gasteiger partial charge in [0.25, 0.3) is 0 Å². The van der Waals surface area contributed by atoms with E-state index in [1.165, 1.54) is 37.7 Å². The molecule has 0 spiro atoms. The minimum absolute atomic E-state index is 0.0288. The maximum absolute atomic E-state index is 6.37. The van der Waals surface area contributed by atoms with Crippen molar-refractivity contribution in [1.82, 2.24) is 0 Å². The molecule has 0 aromatic heterocycles. The van der Waals surface area contributed by atoms with Crippen molar-refractivity contribution in [3.63, 3.8) is 0 Å². The Hall–Kier alpha value is -0.995. The Bertz CT molecular complexity index is 557. The second-order valence-electron chi connectivity index (χ2n) is 8.68. The van der Waals surface area contributed by atoms with Crippen molar-refractivity contribution < 1.29 is 14.0 Å². The van der Waals surface area contributed by atoms with E-state index in [2.05, 4.69) is 38.1 Å². The van der Waals surface area contributed by atoms with Gasteiger partial charge in [-0.05, 0) is 42.4 Å². The molecule has 1 aromatic rings. The van der Waals surface area contributed by atoms with Gasteiger partial charge in [-0.1, -0.05) is 45.2 Å². The van der Waals surface area contributed by atoms with Crippen LogP contribution in [0.15, 0.2) is 24.3 Å². The van der Waals surface area contributed by atoms with Crippen LogP contribution in [0.2, 0.25) is 0 Å². The van der Waals surface area contributed by atoms with Gasteiger partial charge in [0.15, 0.2) is 0 Å². The van der Waals surface area contributed by atoms with E-state index >= 15 is 0 Å². The Morgan fingerprint density at radius 2 is 1.54 bits per heavy atom. The van der Waals surface area contributed by atoms with Gasteiger partial charge in [-0.3, -0.25) is 0 Å². The summed E-state index contributed by atoms with van der Waals surface area (Å²) in [6.07, 6.45) is 6.57. The van der Waals surface area contributed by atoms with Crippen LogP contribution in [-0.2, 0) is 14.6 Å². The first-order chi connectivity index (χ1) is 11.6. The fraction of sp³-hybridized carbons (Fsp3) is 0.700. The van der Waals surface area contributed by atoms with Crippen LogP contribution in [-0.4, -0.2) is 27.4 Å². The fourth-order valence-electron chi connectivity index (χ4n) is 5.43. The van der Waals surface area contributed by atoms with Crippen molar-refractivity contribution in [3.05, 3.63) is 29.8 Å². The van der Waals surface area contributed by atoms with Gasteiger partial charge in [0.1, 0.15) is 5.75 Å². The quantitative estimate of drug-likeness (QED) is 0.777. The Balaban J connectivity index is 1.73. The summed E-state index contributed by atoms with van der Waals surface area (Å²) in [4.78, 5) is 0. The molecular weight excluding hydrogens is 299 g/mol. The minimum atomic E-state index is -0.100. The molecule has 0 radical (unpaired) electrons. The third-order valence-corrected chi connectivity index (χ3v) is 6.55. The van der Waals surface area contributed by atoms with Crippen LogP contribution < -0.4 is 4.74 Å². The number of hydrogen-bond donors (Lipinski definition) is 0. The van der Waals surface area contributed by atoms with Crippen LogP contribution in [0.1, 0.15) is 51.5 Å². The molecule has 3 aliphatic rings. The fourth-order valence-corrected chi connectivity index (χ4v) is 5.43. The van der Waals surface area contributed by atoms with Crippen molar-refractivity contribution in [3.8, 4) is 5.75 Å². The van der Waals surface area contributed by atoms with Crippen LogP contribution in [0.4, 0.5) is 0 Å². The van der Waals surface area contributed by atoms with Gasteiger partial charge in [-0.25, -0.2) is 0 Å². The van der Waals surface area contributed by atoms with E-state index in [0.29, 0.717) is 11.8 Å². The molecule has 1 aliphatic heterocycles. The monoisotopic (exact) mass is 328 g/mol. The first-order valence-corrected chi connectivity index (χ1v) is 9.44. The molecule has 2 bridgehead atoms. The smallest absolute Gasteiger partial charge is 0.468 e. The SMILES string of the molecule is COc1ccc(C2(B3OCC(C)(C)CO3)C3CCCC2CC3)cc1. The summed E-state index contributed by atoms with van der Waals surface area (Å²) in [6, 6.07) is 8.69. The van der Waals surface area contributed by atoms with Crippen molar-refractivity contribution in [2.45, 2.75) is 51.3 Å². The zero-order valence-corrected chi connectivity index (χ0v) is 15.2. The maximum Gasteiger partial charge on any atom is 0.468 e. The van der Waals surface area contributed by atoms with Crippen LogP contribution in [0.5, 0.6) is 5.75 Å². The van der Waals surface area contributed by atoms with Gasteiger partial charge >= 0.3 is 7.12 Å².